The Kier molecular flexibility index (Phi) is 8.44. The second kappa shape index (κ2) is 11.6. The number of methoxy groups -OCH3 is 1. The molecule has 38 heavy (non-hydrogen) atoms. The molecule has 1 fully saturated rings. The number of nitrogens with one attached hydrogen (secondary N) is 2. The molecule has 9 nitrogen and oxygen atoms in total. The zero-order valence-electron chi connectivity index (χ0n) is 20.3. The van der Waals surface area contributed by atoms with Crippen molar-refractivity contribution < 1.29 is 37.3 Å². The number of aliphatic carboxylic acids is 1. The number of nitrogens with zero attached hydrogens (tertiary/aromatic N) is 2. The van der Waals surface area contributed by atoms with Gasteiger partial charge in [-0.3, -0.25) is 9.59 Å². The summed E-state index contributed by atoms with van der Waals surface area (Å²) < 4.78 is 51.9. The van der Waals surface area contributed by atoms with E-state index in [0.29, 0.717) is 35.1 Å². The molecule has 2 heterocycles. The van der Waals surface area contributed by atoms with E-state index in [1.807, 2.05) is 0 Å². The summed E-state index contributed by atoms with van der Waals surface area (Å²) in [4.78, 5) is 29.7. The molecule has 1 saturated heterocycles. The fraction of sp³-hybridized carbons (Fsp3) is 0.400. The van der Waals surface area contributed by atoms with Gasteiger partial charge in [0.15, 0.2) is 6.23 Å². The molecule has 4 rings (SSSR count). The van der Waals surface area contributed by atoms with Crippen LogP contribution in [0.4, 0.5) is 30.2 Å². The lowest BCUT2D eigenvalue weighted by molar-refractivity contribution is -0.159. The normalized spacial score (nSPS) is 19.0. The first-order chi connectivity index (χ1) is 18.0. The number of anilines is 2. The largest absolute Gasteiger partial charge is 0.481 e. The van der Waals surface area contributed by atoms with Gasteiger partial charge < -0.3 is 30.1 Å². The van der Waals surface area contributed by atoms with Crippen molar-refractivity contribution in [3.05, 3.63) is 52.5 Å². The number of alkyl halides is 3. The highest BCUT2D eigenvalue weighted by atomic mass is 35.5. The Morgan fingerprint density at radius 3 is 2.66 bits per heavy atom. The minimum atomic E-state index is -4.60. The van der Waals surface area contributed by atoms with Crippen LogP contribution in [0.2, 0.25) is 5.02 Å². The number of esters is 1. The van der Waals surface area contributed by atoms with Crippen LogP contribution < -0.4 is 10.6 Å². The lowest BCUT2D eigenvalue weighted by Gasteiger charge is -2.41. The van der Waals surface area contributed by atoms with E-state index in [4.69, 9.17) is 31.2 Å². The van der Waals surface area contributed by atoms with Crippen LogP contribution in [0, 0.1) is 0 Å². The average molecular weight is 555 g/mol. The fourth-order valence-corrected chi connectivity index (χ4v) is 4.42. The molecule has 0 aromatic heterocycles. The maximum atomic E-state index is 13.7. The third kappa shape index (κ3) is 6.55. The standard InChI is InChI=1S/C25H26ClF3N4O5/c1-37-9-8-16-13-33(21(12-30-16)38-23(36)7-6-22(34)35)24-17-10-14(25(27,28)29)2-4-18(17)31-19-5-3-15(26)11-20(19)32-24/h2-5,10-11,16,21,30-31H,6-9,12-13H2,1H3,(H,34,35)/t16-,21?/m0/s1. The number of hydrogen-bond donors (Lipinski definition) is 3. The van der Waals surface area contributed by atoms with E-state index in [9.17, 15) is 22.8 Å². The number of benzene rings is 2. The summed E-state index contributed by atoms with van der Waals surface area (Å²) in [5, 5.41) is 15.7. The maximum absolute atomic E-state index is 13.7. The molecular weight excluding hydrogens is 529 g/mol. The van der Waals surface area contributed by atoms with Gasteiger partial charge in [0.2, 0.25) is 0 Å². The molecule has 3 N–H and O–H groups in total. The number of carbonyl (C=O) groups is 2. The van der Waals surface area contributed by atoms with E-state index >= 15 is 0 Å². The number of piperazine rings is 1. The molecule has 13 heteroatoms. The third-order valence-electron chi connectivity index (χ3n) is 6.14. The van der Waals surface area contributed by atoms with Gasteiger partial charge in [0.25, 0.3) is 0 Å². The molecule has 0 amide bonds. The van der Waals surface area contributed by atoms with E-state index in [0.717, 1.165) is 12.1 Å². The lowest BCUT2D eigenvalue weighted by atomic mass is 10.0. The Balaban J connectivity index is 1.80. The van der Waals surface area contributed by atoms with Crippen molar-refractivity contribution in [3.63, 3.8) is 0 Å². The molecule has 204 valence electrons. The summed E-state index contributed by atoms with van der Waals surface area (Å²) in [7, 11) is 1.56. The molecule has 2 aliphatic heterocycles. The number of halogens is 4. The van der Waals surface area contributed by atoms with Crippen molar-refractivity contribution in [1.29, 1.82) is 0 Å². The van der Waals surface area contributed by atoms with Crippen LogP contribution in [-0.4, -0.2) is 66.9 Å². The second-order valence-corrected chi connectivity index (χ2v) is 9.29. The molecule has 2 aromatic rings. The van der Waals surface area contributed by atoms with Crippen LogP contribution in [0.1, 0.15) is 30.4 Å². The predicted molar refractivity (Wildman–Crippen MR) is 134 cm³/mol. The van der Waals surface area contributed by atoms with Gasteiger partial charge in [-0.2, -0.15) is 13.2 Å². The van der Waals surface area contributed by atoms with E-state index in [-0.39, 0.29) is 37.0 Å². The van der Waals surface area contributed by atoms with Crippen LogP contribution in [-0.2, 0) is 25.2 Å². The molecule has 2 aromatic carbocycles. The molecule has 0 radical (unpaired) electrons. The Morgan fingerprint density at radius 1 is 1.18 bits per heavy atom. The molecule has 0 bridgehead atoms. The zero-order chi connectivity index (χ0) is 27.4. The van der Waals surface area contributed by atoms with Gasteiger partial charge in [-0.05, 0) is 42.8 Å². The molecule has 0 aliphatic carbocycles. The van der Waals surface area contributed by atoms with Crippen LogP contribution in [0.5, 0.6) is 0 Å². The monoisotopic (exact) mass is 554 g/mol. The van der Waals surface area contributed by atoms with Crippen molar-refractivity contribution in [2.45, 2.75) is 37.7 Å². The van der Waals surface area contributed by atoms with Crippen molar-refractivity contribution in [3.8, 4) is 0 Å². The number of rotatable bonds is 7. The topological polar surface area (TPSA) is 112 Å². The van der Waals surface area contributed by atoms with Gasteiger partial charge in [-0.15, -0.1) is 0 Å². The maximum Gasteiger partial charge on any atom is 0.416 e. The number of carboxylic acid groups (broad SMARTS) is 1. The lowest BCUT2D eigenvalue weighted by Crippen LogP contribution is -2.60. The van der Waals surface area contributed by atoms with Crippen LogP contribution in [0.15, 0.2) is 41.4 Å². The Bertz CT molecular complexity index is 1240. The van der Waals surface area contributed by atoms with Gasteiger partial charge in [0.05, 0.1) is 36.3 Å². The fourth-order valence-electron chi connectivity index (χ4n) is 4.25. The number of carboxylic acids is 1. The molecule has 0 saturated carbocycles. The van der Waals surface area contributed by atoms with Gasteiger partial charge in [0, 0.05) is 42.6 Å². The second-order valence-electron chi connectivity index (χ2n) is 8.86. The van der Waals surface area contributed by atoms with Crippen molar-refractivity contribution in [2.75, 3.05) is 32.1 Å². The summed E-state index contributed by atoms with van der Waals surface area (Å²) in [6, 6.07) is 8.05. The summed E-state index contributed by atoms with van der Waals surface area (Å²) in [6.45, 7) is 0.789. The van der Waals surface area contributed by atoms with Crippen LogP contribution >= 0.6 is 11.6 Å². The molecular formula is C25H26ClF3N4O5. The van der Waals surface area contributed by atoms with E-state index in [2.05, 4.69) is 10.6 Å². The Morgan fingerprint density at radius 2 is 1.95 bits per heavy atom. The van der Waals surface area contributed by atoms with E-state index in [1.165, 1.54) is 6.07 Å². The van der Waals surface area contributed by atoms with Crippen LogP contribution in [0.3, 0.4) is 0 Å². The molecule has 0 spiro atoms. The number of hydrogen-bond acceptors (Lipinski definition) is 8. The zero-order valence-corrected chi connectivity index (χ0v) is 21.1. The predicted octanol–water partition coefficient (Wildman–Crippen LogP) is 4.54. The van der Waals surface area contributed by atoms with E-state index in [1.54, 1.807) is 30.2 Å². The minimum Gasteiger partial charge on any atom is -0.481 e. The molecule has 2 aliphatic rings. The highest BCUT2D eigenvalue weighted by Gasteiger charge is 2.37. The smallest absolute Gasteiger partial charge is 0.416 e. The van der Waals surface area contributed by atoms with E-state index < -0.39 is 36.3 Å². The SMILES string of the molecule is COCC[C@H]1CN(C2=Nc3cc(Cl)ccc3Nc3ccc(C(F)(F)F)cc32)C(OC(=O)CCC(=O)O)CN1. The number of carbonyl (C=O) groups excluding carboxylic acids is 1. The molecule has 2 atom stereocenters. The highest BCUT2D eigenvalue weighted by molar-refractivity contribution is 6.31. The third-order valence-corrected chi connectivity index (χ3v) is 6.38. The van der Waals surface area contributed by atoms with Gasteiger partial charge in [0.1, 0.15) is 5.84 Å². The summed E-state index contributed by atoms with van der Waals surface area (Å²) in [5.74, 6) is -1.75. The highest BCUT2D eigenvalue weighted by Crippen LogP contribution is 2.39. The van der Waals surface area contributed by atoms with Gasteiger partial charge in [-0.25, -0.2) is 4.99 Å². The number of fused-ring (bicyclic) bond motifs is 2. The Labute approximate surface area is 221 Å². The summed E-state index contributed by atoms with van der Waals surface area (Å²) in [5.41, 5.74) is 0.592. The first kappa shape index (κ1) is 27.7. The van der Waals surface area contributed by atoms with Crippen molar-refractivity contribution >= 4 is 46.4 Å². The number of amidine groups is 1. The van der Waals surface area contributed by atoms with Gasteiger partial charge in [-0.1, -0.05) is 11.6 Å². The van der Waals surface area contributed by atoms with Crippen molar-refractivity contribution in [2.24, 2.45) is 4.99 Å². The average Bonchev–Trinajstić information content (AvgIpc) is 3.02. The van der Waals surface area contributed by atoms with Gasteiger partial charge >= 0.3 is 18.1 Å². The molecule has 1 unspecified atom stereocenters. The number of aliphatic imine (C=N–C) groups is 1. The first-order valence-electron chi connectivity index (χ1n) is 11.8. The first-order valence-corrected chi connectivity index (χ1v) is 12.2. The number of ether oxygens (including phenoxy) is 2. The van der Waals surface area contributed by atoms with Crippen LogP contribution in [0.25, 0.3) is 0 Å². The van der Waals surface area contributed by atoms with Crippen molar-refractivity contribution in [1.82, 2.24) is 10.2 Å². The summed E-state index contributed by atoms with van der Waals surface area (Å²) in [6.07, 6.45) is -5.75. The quantitative estimate of drug-likeness (QED) is 0.428. The minimum absolute atomic E-state index is 0.135. The summed E-state index contributed by atoms with van der Waals surface area (Å²) >= 11 is 6.20. The Hall–Kier alpha value is -3.35.